The average Bonchev–Trinajstić information content (AvgIpc) is 2.77. The summed E-state index contributed by atoms with van der Waals surface area (Å²) in [5.74, 6) is -0.120. The van der Waals surface area contributed by atoms with E-state index in [0.717, 1.165) is 16.8 Å². The molecule has 4 heteroatoms. The number of nitrogens with zero attached hydrogens (tertiary/aromatic N) is 1. The van der Waals surface area contributed by atoms with E-state index in [1.165, 1.54) is 0 Å². The van der Waals surface area contributed by atoms with Gasteiger partial charge in [-0.15, -0.1) is 6.58 Å². The lowest BCUT2D eigenvalue weighted by Crippen LogP contribution is -2.30. The molecular weight excluding hydrogens is 360 g/mol. The number of rotatable bonds is 8. The summed E-state index contributed by atoms with van der Waals surface area (Å²) in [7, 11) is 0. The van der Waals surface area contributed by atoms with Gasteiger partial charge in [-0.3, -0.25) is 9.59 Å². The van der Waals surface area contributed by atoms with Crippen molar-refractivity contribution in [2.24, 2.45) is 0 Å². The molecule has 0 aliphatic carbocycles. The van der Waals surface area contributed by atoms with Crippen molar-refractivity contribution in [2.75, 3.05) is 11.4 Å². The molecule has 4 nitrogen and oxygen atoms in total. The molecule has 3 aromatic carbocycles. The van der Waals surface area contributed by atoms with Crippen molar-refractivity contribution in [3.05, 3.63) is 114 Å². The average molecular weight is 384 g/mol. The molecule has 0 spiro atoms. The molecule has 0 aliphatic rings. The van der Waals surface area contributed by atoms with Crippen LogP contribution < -0.4 is 10.2 Å². The highest BCUT2D eigenvalue weighted by Crippen LogP contribution is 2.21. The summed E-state index contributed by atoms with van der Waals surface area (Å²) in [5.41, 5.74) is 3.36. The van der Waals surface area contributed by atoms with Crippen LogP contribution >= 0.6 is 0 Å². The van der Waals surface area contributed by atoms with Gasteiger partial charge in [-0.05, 0) is 35.4 Å². The van der Waals surface area contributed by atoms with Gasteiger partial charge in [0.15, 0.2) is 0 Å². The smallest absolute Gasteiger partial charge is 0.258 e. The van der Waals surface area contributed by atoms with E-state index in [9.17, 15) is 9.59 Å². The van der Waals surface area contributed by atoms with Gasteiger partial charge in [0.2, 0.25) is 5.91 Å². The third-order valence-electron chi connectivity index (χ3n) is 4.51. The van der Waals surface area contributed by atoms with Crippen LogP contribution in [0.25, 0.3) is 0 Å². The first-order valence-electron chi connectivity index (χ1n) is 9.55. The number of amides is 2. The van der Waals surface area contributed by atoms with Crippen molar-refractivity contribution in [3.8, 4) is 0 Å². The van der Waals surface area contributed by atoms with E-state index in [1.807, 2.05) is 84.9 Å². The fourth-order valence-electron chi connectivity index (χ4n) is 3.01. The summed E-state index contributed by atoms with van der Waals surface area (Å²) in [4.78, 5) is 26.8. The molecular formula is C25H24N2O2. The van der Waals surface area contributed by atoms with Crippen LogP contribution in [-0.4, -0.2) is 18.4 Å². The zero-order valence-corrected chi connectivity index (χ0v) is 16.3. The number of carbonyl (C=O) groups excluding carboxylic acids is 2. The van der Waals surface area contributed by atoms with Crippen molar-refractivity contribution in [1.29, 1.82) is 0 Å². The Morgan fingerprint density at radius 2 is 1.45 bits per heavy atom. The zero-order chi connectivity index (χ0) is 20.5. The Hall–Kier alpha value is -3.66. The lowest BCUT2D eigenvalue weighted by Gasteiger charge is -2.23. The Balaban J connectivity index is 1.82. The van der Waals surface area contributed by atoms with Gasteiger partial charge in [-0.25, -0.2) is 0 Å². The summed E-state index contributed by atoms with van der Waals surface area (Å²) in [6.45, 7) is 4.51. The summed E-state index contributed by atoms with van der Waals surface area (Å²) in [5, 5.41) is 2.77. The predicted octanol–water partition coefficient (Wildman–Crippen LogP) is 4.38. The van der Waals surface area contributed by atoms with Crippen molar-refractivity contribution in [2.45, 2.75) is 13.0 Å². The lowest BCUT2D eigenvalue weighted by atomic mass is 10.1. The van der Waals surface area contributed by atoms with Gasteiger partial charge in [0.05, 0.1) is 13.0 Å². The Labute approximate surface area is 171 Å². The second kappa shape index (κ2) is 10.0. The number of benzene rings is 3. The van der Waals surface area contributed by atoms with Crippen LogP contribution in [0.15, 0.2) is 97.6 Å². The minimum absolute atomic E-state index is 0.0563. The Bertz CT molecular complexity index is 951. The fraction of sp³-hybridized carbons (Fsp3) is 0.120. The lowest BCUT2D eigenvalue weighted by molar-refractivity contribution is -0.120. The van der Waals surface area contributed by atoms with Crippen LogP contribution in [0.1, 0.15) is 21.5 Å². The Kier molecular flexibility index (Phi) is 6.95. The first kappa shape index (κ1) is 20.1. The summed E-state index contributed by atoms with van der Waals surface area (Å²) >= 11 is 0. The van der Waals surface area contributed by atoms with Gasteiger partial charge >= 0.3 is 0 Å². The molecule has 0 saturated carbocycles. The molecule has 0 aliphatic heterocycles. The van der Waals surface area contributed by atoms with Gasteiger partial charge in [0, 0.05) is 17.8 Å². The second-order valence-electron chi connectivity index (χ2n) is 6.68. The van der Waals surface area contributed by atoms with Gasteiger partial charge in [0.1, 0.15) is 0 Å². The van der Waals surface area contributed by atoms with E-state index >= 15 is 0 Å². The molecule has 0 bridgehead atoms. The molecule has 0 radical (unpaired) electrons. The van der Waals surface area contributed by atoms with E-state index in [4.69, 9.17) is 0 Å². The number of carbonyl (C=O) groups is 2. The van der Waals surface area contributed by atoms with Crippen LogP contribution in [0.3, 0.4) is 0 Å². The molecule has 146 valence electrons. The van der Waals surface area contributed by atoms with Crippen LogP contribution in [0.4, 0.5) is 5.69 Å². The first-order valence-corrected chi connectivity index (χ1v) is 9.55. The monoisotopic (exact) mass is 384 g/mol. The quantitative estimate of drug-likeness (QED) is 0.586. The van der Waals surface area contributed by atoms with E-state index in [2.05, 4.69) is 11.9 Å². The summed E-state index contributed by atoms with van der Waals surface area (Å²) in [6, 6.07) is 26.7. The maximum absolute atomic E-state index is 13.2. The largest absolute Gasteiger partial charge is 0.352 e. The van der Waals surface area contributed by atoms with E-state index in [1.54, 1.807) is 11.0 Å². The van der Waals surface area contributed by atoms with Crippen LogP contribution in [0.5, 0.6) is 0 Å². The summed E-state index contributed by atoms with van der Waals surface area (Å²) < 4.78 is 0. The maximum atomic E-state index is 13.2. The van der Waals surface area contributed by atoms with E-state index in [-0.39, 0.29) is 11.8 Å². The molecule has 0 aromatic heterocycles. The van der Waals surface area contributed by atoms with E-state index in [0.29, 0.717) is 25.1 Å². The molecule has 0 saturated heterocycles. The Morgan fingerprint density at radius 1 is 0.828 bits per heavy atom. The molecule has 29 heavy (non-hydrogen) atoms. The van der Waals surface area contributed by atoms with Crippen molar-refractivity contribution < 1.29 is 9.59 Å². The highest BCUT2D eigenvalue weighted by Gasteiger charge is 2.18. The molecule has 3 aromatic rings. The van der Waals surface area contributed by atoms with Gasteiger partial charge in [-0.1, -0.05) is 66.7 Å². The number of hydrogen-bond donors (Lipinski definition) is 1. The highest BCUT2D eigenvalue weighted by atomic mass is 16.2. The maximum Gasteiger partial charge on any atom is 0.258 e. The van der Waals surface area contributed by atoms with Crippen LogP contribution in [0, 0.1) is 0 Å². The Morgan fingerprint density at radius 3 is 2.07 bits per heavy atom. The minimum atomic E-state index is -0.0640. The van der Waals surface area contributed by atoms with Gasteiger partial charge in [0.25, 0.3) is 5.91 Å². The second-order valence-corrected chi connectivity index (χ2v) is 6.68. The van der Waals surface area contributed by atoms with Gasteiger partial charge < -0.3 is 10.2 Å². The number of hydrogen-bond acceptors (Lipinski definition) is 2. The van der Waals surface area contributed by atoms with Gasteiger partial charge in [-0.2, -0.15) is 0 Å². The van der Waals surface area contributed by atoms with Crippen molar-refractivity contribution >= 4 is 17.5 Å². The van der Waals surface area contributed by atoms with E-state index < -0.39 is 0 Å². The molecule has 0 atom stereocenters. The van der Waals surface area contributed by atoms with Crippen LogP contribution in [-0.2, 0) is 17.8 Å². The third-order valence-corrected chi connectivity index (χ3v) is 4.51. The minimum Gasteiger partial charge on any atom is -0.352 e. The molecule has 0 heterocycles. The molecule has 1 N–H and O–H groups in total. The topological polar surface area (TPSA) is 49.4 Å². The molecule has 3 rings (SSSR count). The first-order chi connectivity index (χ1) is 14.2. The number of anilines is 1. The highest BCUT2D eigenvalue weighted by molar-refractivity contribution is 6.06. The standard InChI is InChI=1S/C25H24N2O2/c1-2-17-26-24(28)18-20-13-15-23(16-14-20)27(19-21-9-5-3-6-10-21)25(29)22-11-7-4-8-12-22/h2-16H,1,17-19H2,(H,26,28). The predicted molar refractivity (Wildman–Crippen MR) is 117 cm³/mol. The van der Waals surface area contributed by atoms with Crippen LogP contribution in [0.2, 0.25) is 0 Å². The molecule has 0 unspecified atom stereocenters. The van der Waals surface area contributed by atoms with Crippen molar-refractivity contribution in [1.82, 2.24) is 5.32 Å². The molecule has 0 fully saturated rings. The third kappa shape index (κ3) is 5.66. The normalized spacial score (nSPS) is 10.2. The molecule has 2 amide bonds. The van der Waals surface area contributed by atoms with Crippen molar-refractivity contribution in [3.63, 3.8) is 0 Å². The summed E-state index contributed by atoms with van der Waals surface area (Å²) in [6.07, 6.45) is 1.94. The number of nitrogens with one attached hydrogen (secondary N) is 1. The fourth-order valence-corrected chi connectivity index (χ4v) is 3.01. The zero-order valence-electron chi connectivity index (χ0n) is 16.3. The SMILES string of the molecule is C=CCNC(=O)Cc1ccc(N(Cc2ccccc2)C(=O)c2ccccc2)cc1.